The zero-order valence-electron chi connectivity index (χ0n) is 31.4. The average Bonchev–Trinajstić information content (AvgIpc) is 4.04. The number of nitrogens with zero attached hydrogens (tertiary/aromatic N) is 3. The van der Waals surface area contributed by atoms with Crippen LogP contribution >= 0.6 is 0 Å². The van der Waals surface area contributed by atoms with Crippen molar-refractivity contribution in [3.8, 4) is 23.0 Å². The highest BCUT2D eigenvalue weighted by Gasteiger charge is 2.52. The van der Waals surface area contributed by atoms with E-state index in [4.69, 9.17) is 19.5 Å². The fourth-order valence-corrected chi connectivity index (χ4v) is 9.18. The van der Waals surface area contributed by atoms with E-state index in [1.54, 1.807) is 0 Å². The lowest BCUT2D eigenvalue weighted by Gasteiger charge is -2.41. The molecule has 9 nitrogen and oxygen atoms in total. The molecule has 9 heteroatoms. The number of benzene rings is 6. The molecule has 282 valence electrons. The molecule has 1 fully saturated rings. The molecule has 4 heterocycles. The van der Waals surface area contributed by atoms with Gasteiger partial charge in [-0.1, -0.05) is 146 Å². The second kappa shape index (κ2) is 13.3. The molecule has 0 saturated heterocycles. The number of amidine groups is 2. The van der Waals surface area contributed by atoms with Crippen molar-refractivity contribution >= 4 is 28.7 Å². The van der Waals surface area contributed by atoms with Crippen LogP contribution in [0.5, 0.6) is 23.0 Å². The Labute approximate surface area is 336 Å². The van der Waals surface area contributed by atoms with Gasteiger partial charge in [-0.05, 0) is 47.2 Å². The molecule has 6 atom stereocenters. The van der Waals surface area contributed by atoms with Crippen molar-refractivity contribution in [2.45, 2.75) is 24.7 Å². The minimum Gasteiger partial charge on any atom is -0.452 e. The summed E-state index contributed by atoms with van der Waals surface area (Å²) in [5, 5.41) is 15.2. The Bertz CT molecular complexity index is 2680. The van der Waals surface area contributed by atoms with Gasteiger partial charge in [0.1, 0.15) is 42.0 Å². The second-order valence-corrected chi connectivity index (χ2v) is 15.5. The Morgan fingerprint density at radius 1 is 0.500 bits per heavy atom. The molecule has 0 spiro atoms. The number of hydrogen-bond acceptors (Lipinski definition) is 9. The predicted molar refractivity (Wildman–Crippen MR) is 227 cm³/mol. The van der Waals surface area contributed by atoms with Crippen LogP contribution in [-0.4, -0.2) is 11.7 Å². The number of anilines is 3. The van der Waals surface area contributed by atoms with Crippen LogP contribution in [0.4, 0.5) is 17.1 Å². The van der Waals surface area contributed by atoms with Crippen LogP contribution in [0.25, 0.3) is 0 Å². The largest absolute Gasteiger partial charge is 0.452 e. The normalized spacial score (nSPS) is 25.5. The SMILES string of the molecule is C1=CC2C(C=C1)C2C1=NC(c2ccccc2)NC(c2cccc3c2Oc2cccc4c2N3c2cccc(C3NC(c5ccccc5)=NC(c5ccccc5)N3)c2O4)N1. The summed E-state index contributed by atoms with van der Waals surface area (Å²) in [6.45, 7) is 0. The number of hydrogen-bond donors (Lipinski definition) is 4. The second-order valence-electron chi connectivity index (χ2n) is 15.5. The first kappa shape index (κ1) is 33.2. The van der Waals surface area contributed by atoms with Crippen LogP contribution < -0.4 is 35.6 Å². The molecule has 6 aromatic carbocycles. The third-order valence-electron chi connectivity index (χ3n) is 12.0. The molecule has 4 N–H and O–H groups in total. The maximum Gasteiger partial charge on any atom is 0.158 e. The molecule has 4 aliphatic heterocycles. The summed E-state index contributed by atoms with van der Waals surface area (Å²) in [6.07, 6.45) is 7.87. The maximum atomic E-state index is 6.94. The Morgan fingerprint density at radius 3 is 1.60 bits per heavy atom. The molecule has 6 aliphatic rings. The lowest BCUT2D eigenvalue weighted by Crippen LogP contribution is -2.46. The Hall–Kier alpha value is -6.94. The average molecular weight is 758 g/mol. The first-order valence-electron chi connectivity index (χ1n) is 20.0. The van der Waals surface area contributed by atoms with Crippen LogP contribution in [0.3, 0.4) is 0 Å². The number of ether oxygens (including phenoxy) is 2. The van der Waals surface area contributed by atoms with Gasteiger partial charge in [-0.15, -0.1) is 0 Å². The summed E-state index contributed by atoms with van der Waals surface area (Å²) < 4.78 is 13.9. The van der Waals surface area contributed by atoms with E-state index in [-0.39, 0.29) is 24.7 Å². The first-order valence-corrected chi connectivity index (χ1v) is 20.0. The molecule has 1 saturated carbocycles. The summed E-state index contributed by atoms with van der Waals surface area (Å²) in [4.78, 5) is 12.7. The molecule has 2 aliphatic carbocycles. The van der Waals surface area contributed by atoms with Gasteiger partial charge in [0.05, 0.1) is 11.4 Å². The lowest BCUT2D eigenvalue weighted by molar-refractivity contribution is 0.380. The number of allylic oxidation sites excluding steroid dienone is 4. The fourth-order valence-electron chi connectivity index (χ4n) is 9.18. The highest BCUT2D eigenvalue weighted by atomic mass is 16.5. The third kappa shape index (κ3) is 5.46. The predicted octanol–water partition coefficient (Wildman–Crippen LogP) is 9.98. The van der Waals surface area contributed by atoms with Crippen LogP contribution in [0.1, 0.15) is 52.5 Å². The van der Waals surface area contributed by atoms with E-state index in [0.717, 1.165) is 79.5 Å². The number of nitrogens with one attached hydrogen (secondary N) is 4. The molecule has 6 aromatic rings. The molecule has 58 heavy (non-hydrogen) atoms. The third-order valence-corrected chi connectivity index (χ3v) is 12.0. The van der Waals surface area contributed by atoms with Crippen molar-refractivity contribution < 1.29 is 9.47 Å². The number of para-hydroxylation sites is 3. The summed E-state index contributed by atoms with van der Waals surface area (Å²) >= 11 is 0. The van der Waals surface area contributed by atoms with Gasteiger partial charge in [-0.2, -0.15) is 0 Å². The maximum absolute atomic E-state index is 6.94. The van der Waals surface area contributed by atoms with Crippen LogP contribution in [0.15, 0.2) is 180 Å². The van der Waals surface area contributed by atoms with E-state index in [9.17, 15) is 0 Å². The molecule has 0 bridgehead atoms. The van der Waals surface area contributed by atoms with E-state index in [0.29, 0.717) is 17.8 Å². The Balaban J connectivity index is 0.947. The zero-order valence-corrected chi connectivity index (χ0v) is 31.4. The summed E-state index contributed by atoms with van der Waals surface area (Å²) in [7, 11) is 0. The van der Waals surface area contributed by atoms with Gasteiger partial charge in [0.2, 0.25) is 0 Å². The standard InChI is InChI=1S/C49H39N7O2/c1-4-15-29(16-5-1)44-50-45(30-17-6-2-7-18-30)52-47(51-44)34-23-12-25-36-42(34)57-38-27-14-28-39-41(38)56(36)37-26-13-24-35(43(37)58-39)48-53-46(31-19-8-3-9-20-31)54-49(55-48)40-32-21-10-11-22-33(32)40/h1-28,32-33,40,44,46-48,51,53H,(H,50,52)(H,54,55). The van der Waals surface area contributed by atoms with Gasteiger partial charge in [0.25, 0.3) is 0 Å². The van der Waals surface area contributed by atoms with Crippen molar-refractivity contribution in [2.75, 3.05) is 4.90 Å². The number of fused-ring (bicyclic) bond motifs is 5. The quantitative estimate of drug-likeness (QED) is 0.134. The minimum absolute atomic E-state index is 0.220. The molecule has 0 amide bonds. The summed E-state index contributed by atoms with van der Waals surface area (Å²) in [5.74, 6) is 6.09. The van der Waals surface area contributed by atoms with Crippen molar-refractivity contribution in [3.05, 3.63) is 198 Å². The van der Waals surface area contributed by atoms with Gasteiger partial charge in [0.15, 0.2) is 23.0 Å². The topological polar surface area (TPSA) is 94.5 Å². The van der Waals surface area contributed by atoms with Gasteiger partial charge in [-0.3, -0.25) is 15.5 Å². The van der Waals surface area contributed by atoms with Crippen molar-refractivity contribution in [1.29, 1.82) is 0 Å². The monoisotopic (exact) mass is 757 g/mol. The highest BCUT2D eigenvalue weighted by Crippen LogP contribution is 2.61. The molecule has 0 radical (unpaired) electrons. The van der Waals surface area contributed by atoms with Gasteiger partial charge in [-0.25, -0.2) is 9.98 Å². The van der Waals surface area contributed by atoms with Gasteiger partial charge >= 0.3 is 0 Å². The smallest absolute Gasteiger partial charge is 0.158 e. The lowest BCUT2D eigenvalue weighted by atomic mass is 10.00. The minimum atomic E-state index is -0.316. The molecular formula is C49H39N7O2. The van der Waals surface area contributed by atoms with Gasteiger partial charge in [0, 0.05) is 22.6 Å². The van der Waals surface area contributed by atoms with E-state index in [1.165, 1.54) is 0 Å². The summed E-state index contributed by atoms with van der Waals surface area (Å²) in [5.41, 5.74) is 7.94. The first-order chi connectivity index (χ1) is 28.7. The molecule has 12 rings (SSSR count). The van der Waals surface area contributed by atoms with E-state index >= 15 is 0 Å². The number of aliphatic imine (C=N–C) groups is 2. The van der Waals surface area contributed by atoms with Crippen LogP contribution in [0, 0.1) is 17.8 Å². The van der Waals surface area contributed by atoms with Crippen molar-refractivity contribution in [1.82, 2.24) is 21.3 Å². The fraction of sp³-hybridized carbons (Fsp3) is 0.143. The van der Waals surface area contributed by atoms with Crippen molar-refractivity contribution in [2.24, 2.45) is 27.7 Å². The van der Waals surface area contributed by atoms with Crippen LogP contribution in [0.2, 0.25) is 0 Å². The Morgan fingerprint density at radius 2 is 1.02 bits per heavy atom. The van der Waals surface area contributed by atoms with Gasteiger partial charge < -0.3 is 20.1 Å². The highest BCUT2D eigenvalue weighted by molar-refractivity contribution is 6.00. The summed E-state index contributed by atoms with van der Waals surface area (Å²) in [6, 6.07) is 50.0. The van der Waals surface area contributed by atoms with Crippen LogP contribution in [-0.2, 0) is 0 Å². The molecule has 0 aromatic heterocycles. The zero-order chi connectivity index (χ0) is 38.2. The number of rotatable bonds is 6. The molecule has 6 unspecified atom stereocenters. The van der Waals surface area contributed by atoms with E-state index < -0.39 is 0 Å². The van der Waals surface area contributed by atoms with E-state index in [1.807, 2.05) is 48.5 Å². The van der Waals surface area contributed by atoms with Crippen molar-refractivity contribution in [3.63, 3.8) is 0 Å². The molecular weight excluding hydrogens is 719 g/mol. The Kier molecular flexibility index (Phi) is 7.64. The van der Waals surface area contributed by atoms with E-state index in [2.05, 4.69) is 148 Å².